The van der Waals surface area contributed by atoms with Gasteiger partial charge in [-0.05, 0) is 56.5 Å². The molecule has 1 unspecified atom stereocenters. The minimum atomic E-state index is -0.595. The van der Waals surface area contributed by atoms with E-state index in [4.69, 9.17) is 4.74 Å². The number of halogens is 2. The molecule has 1 atom stereocenters. The monoisotopic (exact) mass is 483 g/mol. The molecular weight excluding hydrogens is 448 g/mol. The van der Waals surface area contributed by atoms with E-state index in [1.807, 2.05) is 13.2 Å². The Morgan fingerprint density at radius 2 is 2.06 bits per heavy atom. The molecule has 0 saturated heterocycles. The van der Waals surface area contributed by atoms with Crippen molar-refractivity contribution in [2.24, 2.45) is 7.05 Å². The van der Waals surface area contributed by atoms with Gasteiger partial charge in [-0.2, -0.15) is 10.2 Å². The third-order valence-electron chi connectivity index (χ3n) is 6.16. The average Bonchev–Trinajstić information content (AvgIpc) is 3.46. The summed E-state index contributed by atoms with van der Waals surface area (Å²) in [7, 11) is 5.15. The lowest BCUT2D eigenvalue weighted by atomic mass is 9.85. The quantitative estimate of drug-likeness (QED) is 0.438. The van der Waals surface area contributed by atoms with Crippen molar-refractivity contribution in [2.75, 3.05) is 14.2 Å². The van der Waals surface area contributed by atoms with Crippen molar-refractivity contribution in [3.8, 4) is 11.3 Å². The Labute approximate surface area is 206 Å². The Morgan fingerprint density at radius 1 is 1.34 bits per heavy atom. The van der Waals surface area contributed by atoms with Crippen molar-refractivity contribution >= 4 is 17.4 Å². The predicted octanol–water partition coefficient (Wildman–Crippen LogP) is 5.76. The van der Waals surface area contributed by atoms with Crippen LogP contribution in [-0.4, -0.2) is 40.2 Å². The van der Waals surface area contributed by atoms with E-state index in [9.17, 15) is 0 Å². The highest BCUT2D eigenvalue weighted by Gasteiger charge is 2.28. The van der Waals surface area contributed by atoms with Crippen LogP contribution >= 0.6 is 0 Å². The van der Waals surface area contributed by atoms with E-state index in [1.54, 1.807) is 30.9 Å². The summed E-state index contributed by atoms with van der Waals surface area (Å²) in [6, 6.07) is 1.63. The molecule has 6 nitrogen and oxygen atoms in total. The zero-order chi connectivity index (χ0) is 25.7. The molecule has 188 valence electrons. The first-order chi connectivity index (χ1) is 16.8. The number of hydrogen-bond acceptors (Lipinski definition) is 4. The molecule has 0 saturated carbocycles. The van der Waals surface area contributed by atoms with Crippen LogP contribution in [0.1, 0.15) is 61.6 Å². The lowest BCUT2D eigenvalue weighted by Crippen LogP contribution is -2.32. The minimum Gasteiger partial charge on any atom is -0.496 e. The molecule has 35 heavy (non-hydrogen) atoms. The van der Waals surface area contributed by atoms with Crippen molar-refractivity contribution in [1.29, 1.82) is 0 Å². The van der Waals surface area contributed by atoms with Crippen molar-refractivity contribution in [3.63, 3.8) is 0 Å². The third kappa shape index (κ3) is 5.22. The molecule has 0 fully saturated rings. The number of methoxy groups -OCH3 is 1. The van der Waals surface area contributed by atoms with Crippen LogP contribution in [0.4, 0.5) is 8.78 Å². The summed E-state index contributed by atoms with van der Waals surface area (Å²) >= 11 is 0. The molecule has 4 rings (SSSR count). The number of nitrogens with one attached hydrogen (secondary N) is 2. The van der Waals surface area contributed by atoms with Crippen LogP contribution in [0.15, 0.2) is 25.0 Å². The maximum absolute atomic E-state index is 15.7. The number of aryl methyl sites for hydroxylation is 2. The van der Waals surface area contributed by atoms with E-state index in [-0.39, 0.29) is 11.6 Å². The molecule has 0 radical (unpaired) electrons. The Kier molecular flexibility index (Phi) is 8.62. The van der Waals surface area contributed by atoms with Gasteiger partial charge >= 0.3 is 0 Å². The van der Waals surface area contributed by atoms with E-state index in [0.717, 1.165) is 17.5 Å². The number of nitrogens with zero attached hydrogens (tertiary/aromatic N) is 3. The number of fused-ring (bicyclic) bond motifs is 1. The number of aromatic nitrogens is 4. The van der Waals surface area contributed by atoms with Gasteiger partial charge in [0.25, 0.3) is 0 Å². The van der Waals surface area contributed by atoms with Gasteiger partial charge in [-0.25, -0.2) is 8.78 Å². The number of likely N-dealkylation sites (N-methyl/N-ethyl adjacent to an activating group) is 1. The maximum Gasteiger partial charge on any atom is 0.137 e. The summed E-state index contributed by atoms with van der Waals surface area (Å²) in [6.07, 6.45) is 8.35. The normalized spacial score (nSPS) is 15.6. The first kappa shape index (κ1) is 26.3. The number of H-pyrrole nitrogens is 1. The van der Waals surface area contributed by atoms with Gasteiger partial charge in [-0.3, -0.25) is 9.78 Å². The van der Waals surface area contributed by atoms with Crippen LogP contribution in [0, 0.1) is 11.6 Å². The lowest BCUT2D eigenvalue weighted by molar-refractivity contribution is 0.371. The average molecular weight is 484 g/mol. The summed E-state index contributed by atoms with van der Waals surface area (Å²) in [6.45, 7) is 9.75. The molecule has 2 aromatic heterocycles. The number of hydrogen-bond donors (Lipinski definition) is 2. The molecule has 8 heteroatoms. The van der Waals surface area contributed by atoms with Gasteiger partial charge < -0.3 is 10.1 Å². The second kappa shape index (κ2) is 11.4. The summed E-state index contributed by atoms with van der Waals surface area (Å²) in [5.74, 6) is -0.799. The minimum absolute atomic E-state index is 0.0781. The van der Waals surface area contributed by atoms with E-state index < -0.39 is 11.6 Å². The first-order valence-electron chi connectivity index (χ1n) is 11.9. The fraction of sp³-hybridized carbons (Fsp3) is 0.407. The highest BCUT2D eigenvalue weighted by Crippen LogP contribution is 2.38. The van der Waals surface area contributed by atoms with Crippen LogP contribution in [0.3, 0.4) is 0 Å². The van der Waals surface area contributed by atoms with E-state index in [1.165, 1.54) is 19.6 Å². The van der Waals surface area contributed by atoms with Gasteiger partial charge in [-0.15, -0.1) is 0 Å². The van der Waals surface area contributed by atoms with Crippen molar-refractivity contribution < 1.29 is 13.5 Å². The molecule has 1 aliphatic carbocycles. The largest absolute Gasteiger partial charge is 0.496 e. The lowest BCUT2D eigenvalue weighted by Gasteiger charge is -2.26. The van der Waals surface area contributed by atoms with E-state index in [0.29, 0.717) is 46.7 Å². The van der Waals surface area contributed by atoms with Gasteiger partial charge in [0.15, 0.2) is 0 Å². The van der Waals surface area contributed by atoms with Crippen molar-refractivity contribution in [2.45, 2.75) is 52.5 Å². The van der Waals surface area contributed by atoms with Crippen molar-refractivity contribution in [1.82, 2.24) is 25.3 Å². The predicted molar refractivity (Wildman–Crippen MR) is 138 cm³/mol. The van der Waals surface area contributed by atoms with Crippen LogP contribution in [0.25, 0.3) is 28.7 Å². The van der Waals surface area contributed by atoms with Gasteiger partial charge in [0.05, 0.1) is 30.1 Å². The van der Waals surface area contributed by atoms with Crippen molar-refractivity contribution in [3.05, 3.63) is 64.6 Å². The van der Waals surface area contributed by atoms with E-state index >= 15 is 8.78 Å². The zero-order valence-electron chi connectivity index (χ0n) is 21.4. The fourth-order valence-corrected chi connectivity index (χ4v) is 4.46. The Balaban J connectivity index is 0.00000108. The molecule has 0 bridgehead atoms. The molecule has 3 aromatic rings. The zero-order valence-corrected chi connectivity index (χ0v) is 21.4. The van der Waals surface area contributed by atoms with Gasteiger partial charge in [0.2, 0.25) is 0 Å². The number of rotatable bonds is 6. The number of ether oxygens (including phenoxy) is 1. The summed E-state index contributed by atoms with van der Waals surface area (Å²) < 4.78 is 38.3. The highest BCUT2D eigenvalue weighted by atomic mass is 19.1. The molecule has 1 aromatic carbocycles. The van der Waals surface area contributed by atoms with Crippen LogP contribution in [0.2, 0.25) is 0 Å². The highest BCUT2D eigenvalue weighted by molar-refractivity contribution is 5.93. The summed E-state index contributed by atoms with van der Waals surface area (Å²) in [5, 5.41) is 14.7. The second-order valence-corrected chi connectivity index (χ2v) is 8.75. The Morgan fingerprint density at radius 3 is 2.63 bits per heavy atom. The maximum atomic E-state index is 15.7. The van der Waals surface area contributed by atoms with Gasteiger partial charge in [0.1, 0.15) is 23.1 Å². The van der Waals surface area contributed by atoms with Crippen LogP contribution in [-0.2, 0) is 24.6 Å². The Bertz CT molecular complexity index is 1220. The third-order valence-corrected chi connectivity index (χ3v) is 6.16. The number of aromatic amines is 1. The topological polar surface area (TPSA) is 67.8 Å². The molecule has 1 aliphatic rings. The number of allylic oxidation sites excluding steroid dienone is 1. The summed E-state index contributed by atoms with van der Waals surface area (Å²) in [4.78, 5) is 0. The SMILES string of the molecule is C=Cc1[nH]nc(-c2cnn(C)c2)c1/C(OC)=C(\C)c1c(F)cc2c(c1F)CC(NC)CC2.CCC. The molecule has 2 heterocycles. The Hall–Kier alpha value is -3.26. The first-order valence-corrected chi connectivity index (χ1v) is 11.9. The molecule has 0 spiro atoms. The van der Waals surface area contributed by atoms with Gasteiger partial charge in [-0.1, -0.05) is 26.8 Å². The smallest absolute Gasteiger partial charge is 0.137 e. The van der Waals surface area contributed by atoms with Crippen LogP contribution < -0.4 is 5.32 Å². The summed E-state index contributed by atoms with van der Waals surface area (Å²) in [5.41, 5.74) is 4.05. The standard InChI is InChI=1S/C24H27F2N5O.C3H8/c1-6-19-21(23(30-29-19)15-11-28-31(4)12-15)24(32-5)13(2)20-18(25)9-14-7-8-16(27-3)10-17(14)22(20)26;1-3-2/h6,9,11-12,16,27H,1,7-8,10H2,2-5H3,(H,29,30);3H2,1-2H3/b24-13-;. The second-order valence-electron chi connectivity index (χ2n) is 8.75. The molecule has 2 N–H and O–H groups in total. The van der Waals surface area contributed by atoms with Gasteiger partial charge in [0, 0.05) is 30.4 Å². The van der Waals surface area contributed by atoms with E-state index in [2.05, 4.69) is 41.0 Å². The molecule has 0 aliphatic heterocycles. The molecular formula is C27H35F2N5O. The van der Waals surface area contributed by atoms with Crippen LogP contribution in [0.5, 0.6) is 0 Å². The number of benzene rings is 1. The fourth-order valence-electron chi connectivity index (χ4n) is 4.46. The molecule has 0 amide bonds.